The lowest BCUT2D eigenvalue weighted by molar-refractivity contribution is 0.369. The van der Waals surface area contributed by atoms with E-state index >= 15 is 0 Å². The molecule has 2 heterocycles. The maximum absolute atomic E-state index is 3.42. The third-order valence-electron chi connectivity index (χ3n) is 1.90. The lowest BCUT2D eigenvalue weighted by atomic mass is 10.1. The summed E-state index contributed by atoms with van der Waals surface area (Å²) in [5.74, 6) is 0. The minimum atomic E-state index is 0.940. The van der Waals surface area contributed by atoms with Crippen molar-refractivity contribution in [2.75, 3.05) is 0 Å². The summed E-state index contributed by atoms with van der Waals surface area (Å²) in [5, 5.41) is 3.42. The predicted molar refractivity (Wildman–Crippen MR) is 24.6 cm³/mol. The molecule has 3 aliphatic rings. The van der Waals surface area contributed by atoms with Crippen molar-refractivity contribution in [1.82, 2.24) is 5.32 Å². The average molecular weight is 83.1 g/mol. The summed E-state index contributed by atoms with van der Waals surface area (Å²) in [5.41, 5.74) is 0. The molecule has 0 amide bonds. The molecule has 0 aromatic heterocycles. The predicted octanol–water partition coefficient (Wildman–Crippen LogP) is 0.511. The van der Waals surface area contributed by atoms with Gasteiger partial charge in [-0.3, -0.25) is 0 Å². The Balaban J connectivity index is 2.16. The Kier molecular flexibility index (Phi) is 0.396. The molecule has 2 unspecified atom stereocenters. The van der Waals surface area contributed by atoms with Gasteiger partial charge in [0.2, 0.25) is 0 Å². The van der Waals surface area contributed by atoms with Gasteiger partial charge in [0, 0.05) is 12.1 Å². The fourth-order valence-electron chi connectivity index (χ4n) is 1.46. The van der Waals surface area contributed by atoms with Crippen molar-refractivity contribution < 1.29 is 0 Å². The summed E-state index contributed by atoms with van der Waals surface area (Å²) in [6, 6.07) is 1.88. The van der Waals surface area contributed by atoms with Crippen molar-refractivity contribution in [3.63, 3.8) is 0 Å². The zero-order valence-corrected chi connectivity index (χ0v) is 3.78. The van der Waals surface area contributed by atoms with Crippen LogP contribution in [-0.2, 0) is 0 Å². The van der Waals surface area contributed by atoms with Gasteiger partial charge in [-0.15, -0.1) is 0 Å². The first kappa shape index (κ1) is 3.03. The van der Waals surface area contributed by atoms with Gasteiger partial charge in [-0.2, -0.15) is 0 Å². The summed E-state index contributed by atoms with van der Waals surface area (Å²) >= 11 is 0. The second-order valence-corrected chi connectivity index (χ2v) is 2.37. The van der Waals surface area contributed by atoms with Crippen LogP contribution in [0.1, 0.15) is 19.3 Å². The van der Waals surface area contributed by atoms with Gasteiger partial charge in [-0.05, 0) is 19.3 Å². The normalized spacial score (nSPS) is 52.0. The maximum Gasteiger partial charge on any atom is 0.00850 e. The van der Waals surface area contributed by atoms with E-state index in [1.807, 2.05) is 0 Å². The molecule has 3 fully saturated rings. The first-order chi connectivity index (χ1) is 2.95. The van der Waals surface area contributed by atoms with Crippen LogP contribution in [0.3, 0.4) is 0 Å². The topological polar surface area (TPSA) is 12.0 Å². The van der Waals surface area contributed by atoms with Gasteiger partial charge < -0.3 is 5.32 Å². The van der Waals surface area contributed by atoms with E-state index in [4.69, 9.17) is 0 Å². The Bertz CT molecular complexity index is 50.8. The number of fused-ring (bicyclic) bond motifs is 1. The molecule has 2 aliphatic heterocycles. The molecule has 1 saturated carbocycles. The molecule has 0 aromatic rings. The molecule has 1 aliphatic carbocycles. The number of hydrogen-bond acceptors (Lipinski definition) is 1. The van der Waals surface area contributed by atoms with E-state index in [1.54, 1.807) is 0 Å². The third-order valence-corrected chi connectivity index (χ3v) is 1.90. The van der Waals surface area contributed by atoms with Crippen LogP contribution < -0.4 is 5.32 Å². The minimum Gasteiger partial charge on any atom is -0.311 e. The smallest absolute Gasteiger partial charge is 0.00850 e. The van der Waals surface area contributed by atoms with Crippen molar-refractivity contribution in [3.05, 3.63) is 0 Å². The summed E-state index contributed by atoms with van der Waals surface area (Å²) in [6.07, 6.45) is 4.37. The van der Waals surface area contributed by atoms with Crippen LogP contribution in [0.4, 0.5) is 0 Å². The van der Waals surface area contributed by atoms with Gasteiger partial charge in [-0.25, -0.2) is 0 Å². The van der Waals surface area contributed by atoms with E-state index in [0.29, 0.717) is 0 Å². The SMILES string of the molecule is C1CC2CC1N2. The fourth-order valence-corrected chi connectivity index (χ4v) is 1.46. The number of nitrogens with one attached hydrogen (secondary N) is 1. The van der Waals surface area contributed by atoms with Crippen molar-refractivity contribution in [2.24, 2.45) is 0 Å². The van der Waals surface area contributed by atoms with Crippen LogP contribution in [0.2, 0.25) is 0 Å². The lowest BCUT2D eigenvalue weighted by Crippen LogP contribution is -2.43. The van der Waals surface area contributed by atoms with Crippen LogP contribution >= 0.6 is 0 Å². The quantitative estimate of drug-likeness (QED) is 0.450. The van der Waals surface area contributed by atoms with Crippen LogP contribution in [0.15, 0.2) is 0 Å². The standard InChI is InChI=1S/C5H9N/c1-2-5-3-4(1)6-5/h4-6H,1-3H2. The van der Waals surface area contributed by atoms with Gasteiger partial charge in [0.1, 0.15) is 0 Å². The van der Waals surface area contributed by atoms with Gasteiger partial charge in [-0.1, -0.05) is 0 Å². The molecule has 3 rings (SSSR count). The molecular weight excluding hydrogens is 74.1 g/mol. The van der Waals surface area contributed by atoms with Crippen LogP contribution in [0, 0.1) is 0 Å². The van der Waals surface area contributed by atoms with Gasteiger partial charge >= 0.3 is 0 Å². The largest absolute Gasteiger partial charge is 0.311 e. The van der Waals surface area contributed by atoms with E-state index < -0.39 is 0 Å². The first-order valence-electron chi connectivity index (χ1n) is 2.71. The average Bonchev–Trinajstić information content (AvgIpc) is 1.72. The minimum absolute atomic E-state index is 0.940. The molecule has 1 nitrogen and oxygen atoms in total. The number of rotatable bonds is 0. The maximum atomic E-state index is 3.42. The van der Waals surface area contributed by atoms with E-state index in [2.05, 4.69) is 5.32 Å². The first-order valence-corrected chi connectivity index (χ1v) is 2.71. The molecule has 0 radical (unpaired) electrons. The van der Waals surface area contributed by atoms with E-state index in [0.717, 1.165) is 12.1 Å². The van der Waals surface area contributed by atoms with E-state index in [1.165, 1.54) is 19.3 Å². The summed E-state index contributed by atoms with van der Waals surface area (Å²) < 4.78 is 0. The summed E-state index contributed by atoms with van der Waals surface area (Å²) in [7, 11) is 0. The second kappa shape index (κ2) is 0.784. The summed E-state index contributed by atoms with van der Waals surface area (Å²) in [6.45, 7) is 0. The molecule has 2 bridgehead atoms. The van der Waals surface area contributed by atoms with Gasteiger partial charge in [0.15, 0.2) is 0 Å². The molecule has 1 heteroatoms. The zero-order chi connectivity index (χ0) is 3.98. The molecule has 2 saturated heterocycles. The van der Waals surface area contributed by atoms with Crippen molar-refractivity contribution in [2.45, 2.75) is 31.3 Å². The highest BCUT2D eigenvalue weighted by Crippen LogP contribution is 2.28. The van der Waals surface area contributed by atoms with Crippen molar-refractivity contribution in [3.8, 4) is 0 Å². The van der Waals surface area contributed by atoms with Crippen molar-refractivity contribution in [1.29, 1.82) is 0 Å². The zero-order valence-electron chi connectivity index (χ0n) is 3.78. The molecule has 2 atom stereocenters. The van der Waals surface area contributed by atoms with Crippen LogP contribution in [-0.4, -0.2) is 12.1 Å². The highest BCUT2D eigenvalue weighted by molar-refractivity contribution is 4.96. The molecular formula is C5H9N. The number of hydrogen-bond donors (Lipinski definition) is 1. The highest BCUT2D eigenvalue weighted by atomic mass is 15.1. The Morgan fingerprint density at radius 2 is 1.67 bits per heavy atom. The molecule has 34 valence electrons. The fraction of sp³-hybridized carbons (Fsp3) is 1.00. The molecule has 6 heavy (non-hydrogen) atoms. The Hall–Kier alpha value is -0.0400. The van der Waals surface area contributed by atoms with Crippen LogP contribution in [0.5, 0.6) is 0 Å². The van der Waals surface area contributed by atoms with Gasteiger partial charge in [0.25, 0.3) is 0 Å². The lowest BCUT2D eigenvalue weighted by Gasteiger charge is -2.24. The summed E-state index contributed by atoms with van der Waals surface area (Å²) in [4.78, 5) is 0. The van der Waals surface area contributed by atoms with Crippen LogP contribution in [0.25, 0.3) is 0 Å². The second-order valence-electron chi connectivity index (χ2n) is 2.37. The van der Waals surface area contributed by atoms with E-state index in [-0.39, 0.29) is 0 Å². The molecule has 0 spiro atoms. The Labute approximate surface area is 37.7 Å². The Morgan fingerprint density at radius 3 is 1.83 bits per heavy atom. The molecule has 1 N–H and O–H groups in total. The van der Waals surface area contributed by atoms with E-state index in [9.17, 15) is 0 Å². The highest BCUT2D eigenvalue weighted by Gasteiger charge is 2.34. The molecule has 0 aromatic carbocycles. The van der Waals surface area contributed by atoms with Crippen molar-refractivity contribution >= 4 is 0 Å². The van der Waals surface area contributed by atoms with Gasteiger partial charge in [0.05, 0.1) is 0 Å². The third kappa shape index (κ3) is 0.207. The Morgan fingerprint density at radius 1 is 1.17 bits per heavy atom. The monoisotopic (exact) mass is 83.1 g/mol.